The minimum atomic E-state index is 0.0532. The second-order valence-corrected chi connectivity index (χ2v) is 6.35. The highest BCUT2D eigenvalue weighted by Crippen LogP contribution is 2.14. The lowest BCUT2D eigenvalue weighted by molar-refractivity contribution is 0.0953. The molecule has 1 N–H and O–H groups in total. The van der Waals surface area contributed by atoms with Gasteiger partial charge in [-0.1, -0.05) is 44.7 Å². The van der Waals surface area contributed by atoms with Gasteiger partial charge >= 0.3 is 0 Å². The Hall–Kier alpha value is -1.35. The fourth-order valence-electron chi connectivity index (χ4n) is 2.99. The normalized spacial score (nSPS) is 16.2. The smallest absolute Gasteiger partial charge is 0.251 e. The van der Waals surface area contributed by atoms with Crippen LogP contribution in [0.5, 0.6) is 0 Å². The fraction of sp³-hybridized carbons (Fsp3) is 0.632. The second kappa shape index (κ2) is 9.62. The van der Waals surface area contributed by atoms with E-state index in [1.54, 1.807) is 0 Å². The van der Waals surface area contributed by atoms with Crippen LogP contribution in [0.4, 0.5) is 0 Å². The van der Waals surface area contributed by atoms with Gasteiger partial charge in [-0.15, -0.1) is 0 Å². The van der Waals surface area contributed by atoms with E-state index < -0.39 is 0 Å². The molecule has 0 bridgehead atoms. The summed E-state index contributed by atoms with van der Waals surface area (Å²) in [7, 11) is 0. The maximum atomic E-state index is 12.0. The topological polar surface area (TPSA) is 32.3 Å². The Morgan fingerprint density at radius 1 is 1.05 bits per heavy atom. The van der Waals surface area contributed by atoms with Crippen molar-refractivity contribution in [2.24, 2.45) is 0 Å². The van der Waals surface area contributed by atoms with Crippen molar-refractivity contribution in [2.75, 3.05) is 19.6 Å². The van der Waals surface area contributed by atoms with E-state index in [9.17, 15) is 4.79 Å². The van der Waals surface area contributed by atoms with Gasteiger partial charge in [0.15, 0.2) is 0 Å². The average Bonchev–Trinajstić information content (AvgIpc) is 2.81. The van der Waals surface area contributed by atoms with Gasteiger partial charge in [-0.05, 0) is 50.0 Å². The van der Waals surface area contributed by atoms with Crippen LogP contribution in [0.2, 0.25) is 0 Å². The van der Waals surface area contributed by atoms with Crippen LogP contribution in [0, 0.1) is 0 Å². The Bertz CT molecular complexity index is 433. The van der Waals surface area contributed by atoms with Crippen molar-refractivity contribution in [1.82, 2.24) is 10.2 Å². The predicted octanol–water partition coefficient (Wildman–Crippen LogP) is 3.98. The zero-order chi connectivity index (χ0) is 15.6. The number of rotatable bonds is 7. The third kappa shape index (κ3) is 5.80. The number of amides is 1. The molecule has 1 amide bonds. The zero-order valence-electron chi connectivity index (χ0n) is 13.9. The molecule has 0 spiro atoms. The molecule has 2 rings (SSSR count). The third-order valence-electron chi connectivity index (χ3n) is 4.39. The number of benzene rings is 1. The van der Waals surface area contributed by atoms with Crippen LogP contribution in [0.25, 0.3) is 0 Å². The first-order chi connectivity index (χ1) is 10.8. The standard InChI is InChI=1S/C19H30N2O/c1-2-3-6-13-20-19(22)18-11-9-17(10-12-18)16-21-14-7-4-5-8-15-21/h9-12H,2-8,13-16H2,1H3,(H,20,22). The minimum Gasteiger partial charge on any atom is -0.352 e. The molecule has 3 heteroatoms. The van der Waals surface area contributed by atoms with Crippen molar-refractivity contribution >= 4 is 5.91 Å². The molecule has 3 nitrogen and oxygen atoms in total. The number of hydrogen-bond acceptors (Lipinski definition) is 2. The van der Waals surface area contributed by atoms with Gasteiger partial charge in [-0.25, -0.2) is 0 Å². The van der Waals surface area contributed by atoms with E-state index in [0.717, 1.165) is 25.1 Å². The van der Waals surface area contributed by atoms with Gasteiger partial charge in [0.2, 0.25) is 0 Å². The summed E-state index contributed by atoms with van der Waals surface area (Å²) < 4.78 is 0. The van der Waals surface area contributed by atoms with Crippen LogP contribution >= 0.6 is 0 Å². The Morgan fingerprint density at radius 2 is 1.73 bits per heavy atom. The quantitative estimate of drug-likeness (QED) is 0.773. The molecule has 0 saturated carbocycles. The first kappa shape index (κ1) is 17.0. The van der Waals surface area contributed by atoms with E-state index in [0.29, 0.717) is 0 Å². The van der Waals surface area contributed by atoms with Crippen molar-refractivity contribution in [2.45, 2.75) is 58.4 Å². The highest BCUT2D eigenvalue weighted by Gasteiger charge is 2.10. The SMILES string of the molecule is CCCCCNC(=O)c1ccc(CN2CCCCCC2)cc1. The molecule has 0 atom stereocenters. The van der Waals surface area contributed by atoms with E-state index in [1.807, 2.05) is 12.1 Å². The van der Waals surface area contributed by atoms with E-state index >= 15 is 0 Å². The van der Waals surface area contributed by atoms with Crippen molar-refractivity contribution in [1.29, 1.82) is 0 Å². The molecule has 1 aromatic carbocycles. The van der Waals surface area contributed by atoms with E-state index in [2.05, 4.69) is 29.3 Å². The van der Waals surface area contributed by atoms with Gasteiger partial charge in [0.25, 0.3) is 5.91 Å². The Labute approximate surface area is 135 Å². The van der Waals surface area contributed by atoms with Crippen LogP contribution in [0.1, 0.15) is 67.8 Å². The van der Waals surface area contributed by atoms with Crippen molar-refractivity contribution in [3.63, 3.8) is 0 Å². The number of unbranched alkanes of at least 4 members (excludes halogenated alkanes) is 2. The summed E-state index contributed by atoms with van der Waals surface area (Å²) in [6.07, 6.45) is 8.79. The van der Waals surface area contributed by atoms with Crippen LogP contribution in [-0.4, -0.2) is 30.4 Å². The summed E-state index contributed by atoms with van der Waals surface area (Å²) >= 11 is 0. The van der Waals surface area contributed by atoms with Crippen LogP contribution in [0.15, 0.2) is 24.3 Å². The number of carbonyl (C=O) groups excluding carboxylic acids is 1. The third-order valence-corrected chi connectivity index (χ3v) is 4.39. The number of nitrogens with zero attached hydrogens (tertiary/aromatic N) is 1. The minimum absolute atomic E-state index is 0.0532. The van der Waals surface area contributed by atoms with Gasteiger partial charge < -0.3 is 5.32 Å². The number of nitrogens with one attached hydrogen (secondary N) is 1. The molecule has 1 aliphatic rings. The van der Waals surface area contributed by atoms with Gasteiger partial charge in [0, 0.05) is 18.7 Å². The zero-order valence-corrected chi connectivity index (χ0v) is 13.9. The molecule has 1 aromatic rings. The van der Waals surface area contributed by atoms with E-state index in [4.69, 9.17) is 0 Å². The highest BCUT2D eigenvalue weighted by molar-refractivity contribution is 5.94. The maximum absolute atomic E-state index is 12.0. The lowest BCUT2D eigenvalue weighted by atomic mass is 10.1. The second-order valence-electron chi connectivity index (χ2n) is 6.35. The van der Waals surface area contributed by atoms with Gasteiger partial charge in [0.1, 0.15) is 0 Å². The molecular formula is C19H30N2O. The van der Waals surface area contributed by atoms with E-state index in [1.165, 1.54) is 57.2 Å². The number of hydrogen-bond donors (Lipinski definition) is 1. The number of carbonyl (C=O) groups is 1. The Kier molecular flexibility index (Phi) is 7.44. The molecule has 0 aromatic heterocycles. The fourth-order valence-corrected chi connectivity index (χ4v) is 2.99. The molecule has 0 radical (unpaired) electrons. The van der Waals surface area contributed by atoms with Crippen molar-refractivity contribution in [3.05, 3.63) is 35.4 Å². The molecule has 1 heterocycles. The molecule has 1 aliphatic heterocycles. The summed E-state index contributed by atoms with van der Waals surface area (Å²) in [6, 6.07) is 8.13. The molecular weight excluding hydrogens is 272 g/mol. The highest BCUT2D eigenvalue weighted by atomic mass is 16.1. The Balaban J connectivity index is 1.80. The average molecular weight is 302 g/mol. The van der Waals surface area contributed by atoms with Crippen LogP contribution < -0.4 is 5.32 Å². The van der Waals surface area contributed by atoms with Gasteiger partial charge in [-0.2, -0.15) is 0 Å². The maximum Gasteiger partial charge on any atom is 0.251 e. The molecule has 1 saturated heterocycles. The first-order valence-electron chi connectivity index (χ1n) is 8.89. The lowest BCUT2D eigenvalue weighted by Gasteiger charge is -2.19. The predicted molar refractivity (Wildman–Crippen MR) is 92.0 cm³/mol. The number of likely N-dealkylation sites (tertiary alicyclic amines) is 1. The van der Waals surface area contributed by atoms with E-state index in [-0.39, 0.29) is 5.91 Å². The van der Waals surface area contributed by atoms with Gasteiger partial charge in [0.05, 0.1) is 0 Å². The molecule has 1 fully saturated rings. The van der Waals surface area contributed by atoms with Crippen molar-refractivity contribution in [3.8, 4) is 0 Å². The summed E-state index contributed by atoms with van der Waals surface area (Å²) in [5.74, 6) is 0.0532. The molecule has 122 valence electrons. The Morgan fingerprint density at radius 3 is 2.36 bits per heavy atom. The van der Waals surface area contributed by atoms with Crippen molar-refractivity contribution < 1.29 is 4.79 Å². The molecule has 0 unspecified atom stereocenters. The molecule has 22 heavy (non-hydrogen) atoms. The summed E-state index contributed by atoms with van der Waals surface area (Å²) in [6.45, 7) is 6.38. The first-order valence-corrected chi connectivity index (χ1v) is 8.89. The monoisotopic (exact) mass is 302 g/mol. The van der Waals surface area contributed by atoms with Crippen LogP contribution in [0.3, 0.4) is 0 Å². The largest absolute Gasteiger partial charge is 0.352 e. The summed E-state index contributed by atoms with van der Waals surface area (Å²) in [5, 5.41) is 2.99. The molecule has 0 aliphatic carbocycles. The summed E-state index contributed by atoms with van der Waals surface area (Å²) in [5.41, 5.74) is 2.08. The summed E-state index contributed by atoms with van der Waals surface area (Å²) in [4.78, 5) is 14.6. The van der Waals surface area contributed by atoms with Crippen LogP contribution in [-0.2, 0) is 6.54 Å². The lowest BCUT2D eigenvalue weighted by Crippen LogP contribution is -2.25. The van der Waals surface area contributed by atoms with Gasteiger partial charge in [-0.3, -0.25) is 9.69 Å².